The molecule has 3 nitrogen and oxygen atoms in total. The number of hydrogen-bond acceptors (Lipinski definition) is 3. The van der Waals surface area contributed by atoms with Crippen LogP contribution >= 0.6 is 0 Å². The van der Waals surface area contributed by atoms with Crippen LogP contribution in [0.3, 0.4) is 0 Å². The fraction of sp³-hybridized carbons (Fsp3) is 0.200. The Kier molecular flexibility index (Phi) is 2.70. The number of pyridine rings is 1. The standard InChI is InChI=1S/C15H13N3/c16-10-14-15(6-3-8-17-14)18-9-7-12-4-1-2-5-13(12)11-18/h1-6,8H,7,9,11H2. The molecule has 0 saturated heterocycles. The quantitative estimate of drug-likeness (QED) is 0.762. The maximum absolute atomic E-state index is 9.11. The molecule has 3 heteroatoms. The first-order chi connectivity index (χ1) is 8.88. The molecule has 3 rings (SSSR count). The van der Waals surface area contributed by atoms with Crippen molar-refractivity contribution in [1.82, 2.24) is 4.98 Å². The van der Waals surface area contributed by atoms with Gasteiger partial charge in [-0.25, -0.2) is 4.98 Å². The van der Waals surface area contributed by atoms with Crippen molar-refractivity contribution in [2.24, 2.45) is 0 Å². The van der Waals surface area contributed by atoms with Crippen LogP contribution in [-0.2, 0) is 13.0 Å². The largest absolute Gasteiger partial charge is 0.365 e. The number of nitriles is 1. The van der Waals surface area contributed by atoms with E-state index in [2.05, 4.69) is 40.2 Å². The van der Waals surface area contributed by atoms with E-state index in [0.29, 0.717) is 5.69 Å². The summed E-state index contributed by atoms with van der Waals surface area (Å²) in [5.41, 5.74) is 4.21. The number of aromatic nitrogens is 1. The van der Waals surface area contributed by atoms with E-state index in [4.69, 9.17) is 5.26 Å². The van der Waals surface area contributed by atoms with Crippen LogP contribution in [0.4, 0.5) is 5.69 Å². The van der Waals surface area contributed by atoms with Gasteiger partial charge >= 0.3 is 0 Å². The van der Waals surface area contributed by atoms with Gasteiger partial charge in [0.1, 0.15) is 6.07 Å². The normalized spacial score (nSPS) is 13.8. The Labute approximate surface area is 106 Å². The van der Waals surface area contributed by atoms with E-state index in [9.17, 15) is 0 Å². The lowest BCUT2D eigenvalue weighted by Crippen LogP contribution is -2.31. The van der Waals surface area contributed by atoms with Gasteiger partial charge in [-0.2, -0.15) is 5.26 Å². The first-order valence-electron chi connectivity index (χ1n) is 6.05. The second kappa shape index (κ2) is 4.50. The molecule has 1 aliphatic rings. The summed E-state index contributed by atoms with van der Waals surface area (Å²) in [6.45, 7) is 1.80. The molecule has 0 bridgehead atoms. The zero-order chi connectivity index (χ0) is 12.4. The van der Waals surface area contributed by atoms with Crippen LogP contribution in [0.5, 0.6) is 0 Å². The Bertz CT molecular complexity index is 613. The summed E-state index contributed by atoms with van der Waals surface area (Å²) in [6.07, 6.45) is 2.69. The van der Waals surface area contributed by atoms with Crippen molar-refractivity contribution in [3.8, 4) is 6.07 Å². The lowest BCUT2D eigenvalue weighted by atomic mass is 9.99. The van der Waals surface area contributed by atoms with Gasteiger partial charge in [-0.3, -0.25) is 0 Å². The smallest absolute Gasteiger partial charge is 0.163 e. The maximum Gasteiger partial charge on any atom is 0.163 e. The zero-order valence-electron chi connectivity index (χ0n) is 10.0. The van der Waals surface area contributed by atoms with Crippen LogP contribution in [0.1, 0.15) is 16.8 Å². The molecule has 0 unspecified atom stereocenters. The third kappa shape index (κ3) is 1.82. The molecule has 0 saturated carbocycles. The molecule has 2 heterocycles. The fourth-order valence-electron chi connectivity index (χ4n) is 2.44. The van der Waals surface area contributed by atoms with Gasteiger partial charge < -0.3 is 4.90 Å². The number of anilines is 1. The first-order valence-corrected chi connectivity index (χ1v) is 6.05. The molecule has 1 aromatic carbocycles. The van der Waals surface area contributed by atoms with E-state index in [1.807, 2.05) is 12.1 Å². The van der Waals surface area contributed by atoms with Crippen molar-refractivity contribution >= 4 is 5.69 Å². The summed E-state index contributed by atoms with van der Waals surface area (Å²) in [6, 6.07) is 14.5. The lowest BCUT2D eigenvalue weighted by molar-refractivity contribution is 0.729. The predicted octanol–water partition coefficient (Wildman–Crippen LogP) is 2.52. The highest BCUT2D eigenvalue weighted by molar-refractivity contribution is 5.57. The molecular formula is C15H13N3. The van der Waals surface area contributed by atoms with Crippen LogP contribution in [0.2, 0.25) is 0 Å². The first kappa shape index (κ1) is 10.8. The maximum atomic E-state index is 9.11. The molecule has 1 aliphatic heterocycles. The van der Waals surface area contributed by atoms with Crippen molar-refractivity contribution in [2.75, 3.05) is 11.4 Å². The van der Waals surface area contributed by atoms with Gasteiger partial charge in [0.05, 0.1) is 5.69 Å². The molecule has 18 heavy (non-hydrogen) atoms. The minimum Gasteiger partial charge on any atom is -0.365 e. The summed E-state index contributed by atoms with van der Waals surface area (Å²) in [5.74, 6) is 0. The van der Waals surface area contributed by atoms with Crippen molar-refractivity contribution in [1.29, 1.82) is 5.26 Å². The second-order valence-electron chi connectivity index (χ2n) is 4.42. The Morgan fingerprint density at radius 2 is 1.94 bits per heavy atom. The molecule has 0 spiro atoms. The Morgan fingerprint density at radius 3 is 2.78 bits per heavy atom. The molecule has 88 valence electrons. The van der Waals surface area contributed by atoms with Crippen LogP contribution in [-0.4, -0.2) is 11.5 Å². The number of rotatable bonds is 1. The summed E-state index contributed by atoms with van der Waals surface area (Å²) in [5, 5.41) is 9.11. The van der Waals surface area contributed by atoms with E-state index >= 15 is 0 Å². The number of nitrogens with zero attached hydrogens (tertiary/aromatic N) is 3. The fourth-order valence-corrected chi connectivity index (χ4v) is 2.44. The zero-order valence-corrected chi connectivity index (χ0v) is 10.0. The van der Waals surface area contributed by atoms with E-state index in [0.717, 1.165) is 25.2 Å². The van der Waals surface area contributed by atoms with Gasteiger partial charge in [0, 0.05) is 19.3 Å². The Balaban J connectivity index is 1.95. The van der Waals surface area contributed by atoms with E-state index in [1.54, 1.807) is 6.20 Å². The van der Waals surface area contributed by atoms with Crippen LogP contribution in [0.15, 0.2) is 42.6 Å². The highest BCUT2D eigenvalue weighted by Crippen LogP contribution is 2.25. The second-order valence-corrected chi connectivity index (χ2v) is 4.42. The molecule has 0 atom stereocenters. The van der Waals surface area contributed by atoms with Gasteiger partial charge in [0.15, 0.2) is 5.69 Å². The SMILES string of the molecule is N#Cc1ncccc1N1CCc2ccccc2C1. The molecule has 0 amide bonds. The van der Waals surface area contributed by atoms with Gasteiger partial charge in [0.2, 0.25) is 0 Å². The molecule has 0 radical (unpaired) electrons. The Hall–Kier alpha value is -2.34. The van der Waals surface area contributed by atoms with Crippen LogP contribution in [0, 0.1) is 11.3 Å². The van der Waals surface area contributed by atoms with E-state index in [-0.39, 0.29) is 0 Å². The lowest BCUT2D eigenvalue weighted by Gasteiger charge is -2.30. The van der Waals surface area contributed by atoms with E-state index < -0.39 is 0 Å². The van der Waals surface area contributed by atoms with Crippen molar-refractivity contribution in [3.05, 3.63) is 59.4 Å². The molecular weight excluding hydrogens is 222 g/mol. The molecule has 2 aromatic rings. The molecule has 0 N–H and O–H groups in total. The summed E-state index contributed by atoms with van der Waals surface area (Å²) < 4.78 is 0. The van der Waals surface area contributed by atoms with Crippen LogP contribution in [0.25, 0.3) is 0 Å². The highest BCUT2D eigenvalue weighted by Gasteiger charge is 2.18. The number of fused-ring (bicyclic) bond motifs is 1. The number of hydrogen-bond donors (Lipinski definition) is 0. The third-order valence-corrected chi connectivity index (χ3v) is 3.36. The molecule has 1 aromatic heterocycles. The van der Waals surface area contributed by atoms with Crippen molar-refractivity contribution in [3.63, 3.8) is 0 Å². The molecule has 0 aliphatic carbocycles. The minimum absolute atomic E-state index is 0.511. The Morgan fingerprint density at radius 1 is 1.11 bits per heavy atom. The topological polar surface area (TPSA) is 39.9 Å². The molecule has 0 fully saturated rings. The number of benzene rings is 1. The predicted molar refractivity (Wildman–Crippen MR) is 70.1 cm³/mol. The van der Waals surface area contributed by atoms with E-state index in [1.165, 1.54) is 11.1 Å². The summed E-state index contributed by atoms with van der Waals surface area (Å²) in [7, 11) is 0. The highest BCUT2D eigenvalue weighted by atomic mass is 15.1. The van der Waals surface area contributed by atoms with Gasteiger partial charge in [-0.05, 0) is 29.7 Å². The van der Waals surface area contributed by atoms with Gasteiger partial charge in [0.25, 0.3) is 0 Å². The summed E-state index contributed by atoms with van der Waals surface area (Å²) >= 11 is 0. The average molecular weight is 235 g/mol. The van der Waals surface area contributed by atoms with Gasteiger partial charge in [-0.15, -0.1) is 0 Å². The third-order valence-electron chi connectivity index (χ3n) is 3.36. The van der Waals surface area contributed by atoms with Crippen LogP contribution < -0.4 is 4.90 Å². The van der Waals surface area contributed by atoms with Crippen molar-refractivity contribution < 1.29 is 0 Å². The minimum atomic E-state index is 0.511. The van der Waals surface area contributed by atoms with Gasteiger partial charge in [-0.1, -0.05) is 24.3 Å². The average Bonchev–Trinajstić information content (AvgIpc) is 2.46. The summed E-state index contributed by atoms with van der Waals surface area (Å²) in [4.78, 5) is 6.36. The van der Waals surface area contributed by atoms with Crippen molar-refractivity contribution in [2.45, 2.75) is 13.0 Å². The monoisotopic (exact) mass is 235 g/mol.